The number of carbonyl (C=O) groups is 2. The average molecular weight is 476 g/mol. The van der Waals surface area contributed by atoms with Crippen LogP contribution in [0.15, 0.2) is 52.9 Å². The van der Waals surface area contributed by atoms with Crippen molar-refractivity contribution in [3.05, 3.63) is 65.0 Å². The third-order valence-corrected chi connectivity index (χ3v) is 6.92. The molecule has 35 heavy (non-hydrogen) atoms. The van der Waals surface area contributed by atoms with E-state index in [-0.39, 0.29) is 24.4 Å². The summed E-state index contributed by atoms with van der Waals surface area (Å²) in [6.45, 7) is 2.02. The van der Waals surface area contributed by atoms with Gasteiger partial charge in [0, 0.05) is 56.6 Å². The third-order valence-electron chi connectivity index (χ3n) is 6.92. The van der Waals surface area contributed by atoms with Gasteiger partial charge in [0.1, 0.15) is 6.17 Å². The SMILES string of the molecule is O=C(O)CC1CCN(C(=O)C2CC(c3ccc(C=NC4NCCc5ccncc54)cc3)=NO2)CC1. The Morgan fingerprint density at radius 2 is 2.00 bits per heavy atom. The lowest BCUT2D eigenvalue weighted by Crippen LogP contribution is -2.44. The van der Waals surface area contributed by atoms with Crippen LogP contribution in [0.25, 0.3) is 0 Å². The minimum absolute atomic E-state index is 0.0731. The minimum atomic E-state index is -0.780. The van der Waals surface area contributed by atoms with Gasteiger partial charge < -0.3 is 14.8 Å². The lowest BCUT2D eigenvalue weighted by atomic mass is 9.93. The van der Waals surface area contributed by atoms with E-state index in [1.165, 1.54) is 5.56 Å². The molecule has 2 N–H and O–H groups in total. The number of carboxylic acid groups (broad SMARTS) is 1. The molecule has 1 aromatic carbocycles. The highest BCUT2D eigenvalue weighted by molar-refractivity contribution is 6.04. The fourth-order valence-corrected chi connectivity index (χ4v) is 4.91. The van der Waals surface area contributed by atoms with Crippen molar-refractivity contribution < 1.29 is 19.5 Å². The van der Waals surface area contributed by atoms with E-state index in [9.17, 15) is 9.59 Å². The number of carboxylic acids is 1. The Bertz CT molecular complexity index is 1140. The Balaban J connectivity index is 1.15. The van der Waals surface area contributed by atoms with Crippen LogP contribution in [0.4, 0.5) is 0 Å². The molecule has 1 fully saturated rings. The van der Waals surface area contributed by atoms with Crippen molar-refractivity contribution >= 4 is 23.8 Å². The van der Waals surface area contributed by atoms with Crippen LogP contribution in [-0.2, 0) is 20.8 Å². The zero-order valence-corrected chi connectivity index (χ0v) is 19.5. The normalized spacial score (nSPS) is 22.5. The number of likely N-dealkylation sites (tertiary alicyclic amines) is 1. The number of aliphatic carboxylic acids is 1. The molecule has 0 spiro atoms. The van der Waals surface area contributed by atoms with Crippen LogP contribution < -0.4 is 5.32 Å². The average Bonchev–Trinajstić information content (AvgIpc) is 3.38. The summed E-state index contributed by atoms with van der Waals surface area (Å²) in [7, 11) is 0. The number of benzene rings is 1. The van der Waals surface area contributed by atoms with Crippen LogP contribution in [-0.4, -0.2) is 64.5 Å². The number of aromatic nitrogens is 1. The molecule has 0 saturated carbocycles. The van der Waals surface area contributed by atoms with Crippen LogP contribution >= 0.6 is 0 Å². The monoisotopic (exact) mass is 475 g/mol. The first kappa shape index (κ1) is 23.2. The van der Waals surface area contributed by atoms with Gasteiger partial charge in [0.25, 0.3) is 5.91 Å². The second-order valence-corrected chi connectivity index (χ2v) is 9.28. The minimum Gasteiger partial charge on any atom is -0.481 e. The Hall–Kier alpha value is -3.59. The Morgan fingerprint density at radius 1 is 1.20 bits per heavy atom. The molecule has 2 atom stereocenters. The molecular weight excluding hydrogens is 446 g/mol. The first-order chi connectivity index (χ1) is 17.1. The Morgan fingerprint density at radius 3 is 2.77 bits per heavy atom. The van der Waals surface area contributed by atoms with Gasteiger partial charge in [-0.1, -0.05) is 29.4 Å². The summed E-state index contributed by atoms with van der Waals surface area (Å²) < 4.78 is 0. The van der Waals surface area contributed by atoms with E-state index in [4.69, 9.17) is 14.9 Å². The fourth-order valence-electron chi connectivity index (χ4n) is 4.91. The summed E-state index contributed by atoms with van der Waals surface area (Å²) in [5.74, 6) is -0.719. The maximum absolute atomic E-state index is 12.9. The molecule has 3 aliphatic heterocycles. The zero-order chi connectivity index (χ0) is 24.2. The number of hydrogen-bond donors (Lipinski definition) is 2. The molecule has 9 nitrogen and oxygen atoms in total. The molecule has 3 aliphatic rings. The molecule has 1 amide bonds. The number of oxime groups is 1. The van der Waals surface area contributed by atoms with E-state index >= 15 is 0 Å². The molecule has 0 radical (unpaired) electrons. The molecule has 1 saturated heterocycles. The van der Waals surface area contributed by atoms with Gasteiger partial charge >= 0.3 is 5.97 Å². The van der Waals surface area contributed by atoms with Crippen molar-refractivity contribution in [3.8, 4) is 0 Å². The van der Waals surface area contributed by atoms with E-state index in [1.54, 1.807) is 4.90 Å². The van der Waals surface area contributed by atoms with Crippen LogP contribution in [0.5, 0.6) is 0 Å². The van der Waals surface area contributed by atoms with Gasteiger partial charge in [-0.2, -0.15) is 0 Å². The smallest absolute Gasteiger partial charge is 0.303 e. The van der Waals surface area contributed by atoms with Gasteiger partial charge in [0.05, 0.1) is 5.71 Å². The van der Waals surface area contributed by atoms with E-state index in [1.807, 2.05) is 42.9 Å². The fraction of sp³-hybridized carbons (Fsp3) is 0.423. The lowest BCUT2D eigenvalue weighted by Gasteiger charge is -2.32. The Labute approximate surface area is 203 Å². The van der Waals surface area contributed by atoms with Gasteiger partial charge in [0.2, 0.25) is 6.10 Å². The lowest BCUT2D eigenvalue weighted by molar-refractivity contribution is -0.144. The van der Waals surface area contributed by atoms with Gasteiger partial charge in [0.15, 0.2) is 0 Å². The summed E-state index contributed by atoms with van der Waals surface area (Å²) in [5.41, 5.74) is 5.04. The van der Waals surface area contributed by atoms with Crippen molar-refractivity contribution in [2.45, 2.75) is 44.4 Å². The van der Waals surface area contributed by atoms with Gasteiger partial charge in [-0.05, 0) is 47.9 Å². The summed E-state index contributed by atoms with van der Waals surface area (Å²) >= 11 is 0. The molecule has 2 aromatic rings. The predicted molar refractivity (Wildman–Crippen MR) is 130 cm³/mol. The maximum atomic E-state index is 12.9. The molecular formula is C26H29N5O4. The molecule has 5 rings (SSSR count). The number of nitrogens with zero attached hydrogens (tertiary/aromatic N) is 4. The molecule has 2 unspecified atom stereocenters. The van der Waals surface area contributed by atoms with E-state index < -0.39 is 12.1 Å². The van der Waals surface area contributed by atoms with Crippen LogP contribution in [0, 0.1) is 5.92 Å². The number of aliphatic imine (C=N–C) groups is 1. The number of nitrogens with one attached hydrogen (secondary N) is 1. The van der Waals surface area contributed by atoms with E-state index in [0.717, 1.165) is 35.4 Å². The number of hydrogen-bond acceptors (Lipinski definition) is 7. The second kappa shape index (κ2) is 10.4. The van der Waals surface area contributed by atoms with Crippen LogP contribution in [0.1, 0.15) is 54.1 Å². The number of pyridine rings is 1. The largest absolute Gasteiger partial charge is 0.481 e. The van der Waals surface area contributed by atoms with Gasteiger partial charge in [-0.15, -0.1) is 0 Å². The third kappa shape index (κ3) is 5.40. The van der Waals surface area contributed by atoms with Gasteiger partial charge in [-0.25, -0.2) is 0 Å². The zero-order valence-electron chi connectivity index (χ0n) is 19.5. The number of amides is 1. The number of rotatable bonds is 6. The molecule has 182 valence electrons. The van der Waals surface area contributed by atoms with Crippen molar-refractivity contribution in [2.75, 3.05) is 19.6 Å². The number of piperidine rings is 1. The first-order valence-electron chi connectivity index (χ1n) is 12.1. The van der Waals surface area contributed by atoms with Crippen molar-refractivity contribution in [2.24, 2.45) is 16.1 Å². The number of fused-ring (bicyclic) bond motifs is 1. The van der Waals surface area contributed by atoms with Crippen molar-refractivity contribution in [3.63, 3.8) is 0 Å². The summed E-state index contributed by atoms with van der Waals surface area (Å²) in [6.07, 6.45) is 7.83. The van der Waals surface area contributed by atoms with E-state index in [0.29, 0.717) is 32.4 Å². The summed E-state index contributed by atoms with van der Waals surface area (Å²) in [5, 5.41) is 16.6. The summed E-state index contributed by atoms with van der Waals surface area (Å²) in [6, 6.07) is 9.96. The van der Waals surface area contributed by atoms with Crippen molar-refractivity contribution in [1.29, 1.82) is 0 Å². The molecule has 4 heterocycles. The highest BCUT2D eigenvalue weighted by atomic mass is 16.6. The molecule has 0 aliphatic carbocycles. The first-order valence-corrected chi connectivity index (χ1v) is 12.1. The van der Waals surface area contributed by atoms with Crippen LogP contribution in [0.3, 0.4) is 0 Å². The molecule has 0 bridgehead atoms. The topological polar surface area (TPSA) is 116 Å². The predicted octanol–water partition coefficient (Wildman–Crippen LogP) is 2.55. The standard InChI is InChI=1S/C26H29N5O4/c32-24(33)13-17-7-11-31(12-8-17)26(34)23-14-22(30-35-23)20-3-1-18(2-4-20)15-29-25-21-16-27-9-5-19(21)6-10-28-25/h1-5,9,15-17,23,25,28H,6-8,10-14H2,(H,32,33). The number of carbonyl (C=O) groups excluding carboxylic acids is 1. The van der Waals surface area contributed by atoms with E-state index in [2.05, 4.69) is 21.5 Å². The quantitative estimate of drug-likeness (QED) is 0.621. The maximum Gasteiger partial charge on any atom is 0.303 e. The van der Waals surface area contributed by atoms with Gasteiger partial charge in [-0.3, -0.25) is 24.9 Å². The summed E-state index contributed by atoms with van der Waals surface area (Å²) in [4.78, 5) is 40.0. The molecule has 9 heteroatoms. The Kier molecular flexibility index (Phi) is 6.85. The van der Waals surface area contributed by atoms with Crippen molar-refractivity contribution in [1.82, 2.24) is 15.2 Å². The second-order valence-electron chi connectivity index (χ2n) is 9.28. The highest BCUT2D eigenvalue weighted by Crippen LogP contribution is 2.25. The molecule has 1 aromatic heterocycles. The van der Waals surface area contributed by atoms with Crippen LogP contribution in [0.2, 0.25) is 0 Å². The highest BCUT2D eigenvalue weighted by Gasteiger charge is 2.34.